The number of aliphatic imine (C=N–C) groups is 1. The molecule has 0 fully saturated rings. The maximum Gasteiger partial charge on any atom is 0.269 e. The number of guanidine groups is 1. The van der Waals surface area contributed by atoms with Gasteiger partial charge >= 0.3 is 0 Å². The van der Waals surface area contributed by atoms with Crippen molar-refractivity contribution in [1.29, 1.82) is 0 Å². The maximum atomic E-state index is 10.6. The van der Waals surface area contributed by atoms with E-state index in [4.69, 9.17) is 0 Å². The van der Waals surface area contributed by atoms with Crippen LogP contribution >= 0.6 is 35.3 Å². The number of aromatic nitrogens is 1. The van der Waals surface area contributed by atoms with Crippen molar-refractivity contribution in [3.63, 3.8) is 0 Å². The van der Waals surface area contributed by atoms with Crippen molar-refractivity contribution in [1.82, 2.24) is 15.6 Å². The van der Waals surface area contributed by atoms with Crippen LogP contribution in [0.5, 0.6) is 0 Å². The van der Waals surface area contributed by atoms with E-state index in [1.807, 2.05) is 6.92 Å². The van der Waals surface area contributed by atoms with Crippen molar-refractivity contribution in [2.75, 3.05) is 7.05 Å². The summed E-state index contributed by atoms with van der Waals surface area (Å²) in [7, 11) is 1.70. The Labute approximate surface area is 161 Å². The second-order valence-corrected chi connectivity index (χ2v) is 6.24. The number of nitro benzene ring substituents is 1. The molecule has 2 rings (SSSR count). The van der Waals surface area contributed by atoms with Crippen LogP contribution in [0.4, 0.5) is 5.69 Å². The van der Waals surface area contributed by atoms with Crippen molar-refractivity contribution in [3.8, 4) is 0 Å². The molecule has 0 aliphatic rings. The summed E-state index contributed by atoms with van der Waals surface area (Å²) in [6.07, 6.45) is 0. The van der Waals surface area contributed by atoms with Crippen molar-refractivity contribution in [2.45, 2.75) is 26.9 Å². The molecule has 0 bridgehead atoms. The zero-order valence-corrected chi connectivity index (χ0v) is 16.8. The SMILES string of the molecule is CN=C(NCc1ccc([N+](=O)[O-])cc1)NCc1nc(C)c(C)s1.I. The Bertz CT molecular complexity index is 696. The molecule has 0 aliphatic heterocycles. The lowest BCUT2D eigenvalue weighted by Gasteiger charge is -2.10. The number of aryl methyl sites for hydroxylation is 2. The van der Waals surface area contributed by atoms with Crippen molar-refractivity contribution in [3.05, 3.63) is 55.5 Å². The number of nitro groups is 1. The molecular weight excluding hydrogens is 441 g/mol. The first-order valence-electron chi connectivity index (χ1n) is 7.10. The smallest absolute Gasteiger partial charge is 0.269 e. The highest BCUT2D eigenvalue weighted by atomic mass is 127. The molecule has 1 aromatic heterocycles. The van der Waals surface area contributed by atoms with Gasteiger partial charge in [0, 0.05) is 30.6 Å². The topological polar surface area (TPSA) is 92.5 Å². The largest absolute Gasteiger partial charge is 0.352 e. The van der Waals surface area contributed by atoms with E-state index in [0.29, 0.717) is 19.0 Å². The average molecular weight is 461 g/mol. The summed E-state index contributed by atoms with van der Waals surface area (Å²) in [6, 6.07) is 6.45. The van der Waals surface area contributed by atoms with Gasteiger partial charge in [0.05, 0.1) is 17.2 Å². The summed E-state index contributed by atoms with van der Waals surface area (Å²) in [5.41, 5.74) is 2.09. The molecule has 0 amide bonds. The minimum Gasteiger partial charge on any atom is -0.352 e. The molecule has 2 aromatic rings. The third kappa shape index (κ3) is 5.71. The molecule has 24 heavy (non-hydrogen) atoms. The fourth-order valence-electron chi connectivity index (χ4n) is 1.92. The lowest BCUT2D eigenvalue weighted by atomic mass is 10.2. The van der Waals surface area contributed by atoms with Gasteiger partial charge in [-0.05, 0) is 19.4 Å². The van der Waals surface area contributed by atoms with E-state index in [2.05, 4.69) is 27.5 Å². The zero-order valence-electron chi connectivity index (χ0n) is 13.7. The number of non-ortho nitro benzene ring substituents is 1. The maximum absolute atomic E-state index is 10.6. The first kappa shape index (κ1) is 20.3. The summed E-state index contributed by atoms with van der Waals surface area (Å²) in [6.45, 7) is 5.20. The monoisotopic (exact) mass is 461 g/mol. The van der Waals surface area contributed by atoms with E-state index in [1.165, 1.54) is 17.0 Å². The lowest BCUT2D eigenvalue weighted by molar-refractivity contribution is -0.384. The lowest BCUT2D eigenvalue weighted by Crippen LogP contribution is -2.36. The van der Waals surface area contributed by atoms with Crippen LogP contribution in [0.15, 0.2) is 29.3 Å². The van der Waals surface area contributed by atoms with Crippen LogP contribution < -0.4 is 10.6 Å². The molecule has 0 radical (unpaired) electrons. The molecule has 1 aromatic carbocycles. The van der Waals surface area contributed by atoms with Crippen LogP contribution in [-0.4, -0.2) is 22.9 Å². The van der Waals surface area contributed by atoms with Gasteiger partial charge in [-0.15, -0.1) is 35.3 Å². The number of hydrogen-bond donors (Lipinski definition) is 2. The summed E-state index contributed by atoms with van der Waals surface area (Å²) in [5.74, 6) is 0.661. The van der Waals surface area contributed by atoms with Crippen molar-refractivity contribution in [2.24, 2.45) is 4.99 Å². The summed E-state index contributed by atoms with van der Waals surface area (Å²) < 4.78 is 0. The third-order valence-corrected chi connectivity index (χ3v) is 4.38. The van der Waals surface area contributed by atoms with Gasteiger partial charge in [-0.2, -0.15) is 0 Å². The summed E-state index contributed by atoms with van der Waals surface area (Å²) in [4.78, 5) is 20.1. The van der Waals surface area contributed by atoms with Gasteiger partial charge in [-0.1, -0.05) is 12.1 Å². The standard InChI is InChI=1S/C15H19N5O2S.HI/c1-10-11(2)23-14(19-10)9-18-15(16-3)17-8-12-4-6-13(7-5-12)20(21)22;/h4-7H,8-9H2,1-3H3,(H2,16,17,18);1H. The van der Waals surface area contributed by atoms with E-state index in [0.717, 1.165) is 16.3 Å². The van der Waals surface area contributed by atoms with Crippen LogP contribution in [0.25, 0.3) is 0 Å². The van der Waals surface area contributed by atoms with Gasteiger partial charge in [0.15, 0.2) is 5.96 Å². The molecule has 7 nitrogen and oxygen atoms in total. The van der Waals surface area contributed by atoms with Gasteiger partial charge in [-0.3, -0.25) is 15.1 Å². The Morgan fingerprint density at radius 3 is 2.38 bits per heavy atom. The average Bonchev–Trinajstić information content (AvgIpc) is 2.86. The van der Waals surface area contributed by atoms with Gasteiger partial charge in [-0.25, -0.2) is 4.98 Å². The molecule has 0 atom stereocenters. The Kier molecular flexibility index (Phi) is 8.05. The first-order chi connectivity index (χ1) is 11.0. The number of nitrogens with one attached hydrogen (secondary N) is 2. The van der Waals surface area contributed by atoms with Gasteiger partial charge < -0.3 is 10.6 Å². The molecule has 0 saturated carbocycles. The van der Waals surface area contributed by atoms with E-state index in [-0.39, 0.29) is 29.7 Å². The number of thiazole rings is 1. The zero-order chi connectivity index (χ0) is 16.8. The van der Waals surface area contributed by atoms with Gasteiger partial charge in [0.2, 0.25) is 0 Å². The molecule has 0 saturated heterocycles. The summed E-state index contributed by atoms with van der Waals surface area (Å²) in [5, 5.41) is 18.0. The molecule has 130 valence electrons. The number of halogens is 1. The normalized spacial score (nSPS) is 10.9. The Hall–Kier alpha value is -1.75. The van der Waals surface area contributed by atoms with Crippen molar-refractivity contribution >= 4 is 47.0 Å². The van der Waals surface area contributed by atoms with Gasteiger partial charge in [0.25, 0.3) is 5.69 Å². The second kappa shape index (κ2) is 9.52. The Morgan fingerprint density at radius 2 is 1.88 bits per heavy atom. The second-order valence-electron chi connectivity index (χ2n) is 4.95. The Balaban J connectivity index is 0.00000288. The molecule has 9 heteroatoms. The van der Waals surface area contributed by atoms with Crippen LogP contribution in [0.1, 0.15) is 21.1 Å². The van der Waals surface area contributed by atoms with Crippen LogP contribution in [-0.2, 0) is 13.1 Å². The molecule has 0 unspecified atom stereocenters. The fraction of sp³-hybridized carbons (Fsp3) is 0.333. The number of rotatable bonds is 5. The highest BCUT2D eigenvalue weighted by Crippen LogP contribution is 2.16. The van der Waals surface area contributed by atoms with Crippen LogP contribution in [0.3, 0.4) is 0 Å². The van der Waals surface area contributed by atoms with E-state index in [9.17, 15) is 10.1 Å². The van der Waals surface area contributed by atoms with E-state index in [1.54, 1.807) is 30.5 Å². The Morgan fingerprint density at radius 1 is 1.25 bits per heavy atom. The number of nitrogens with zero attached hydrogens (tertiary/aromatic N) is 3. The highest BCUT2D eigenvalue weighted by Gasteiger charge is 2.06. The fourth-order valence-corrected chi connectivity index (χ4v) is 2.79. The van der Waals surface area contributed by atoms with Crippen LogP contribution in [0, 0.1) is 24.0 Å². The third-order valence-electron chi connectivity index (χ3n) is 3.31. The quantitative estimate of drug-likeness (QED) is 0.235. The van der Waals surface area contributed by atoms with Gasteiger partial charge in [0.1, 0.15) is 5.01 Å². The molecular formula is C15H20IN5O2S. The molecule has 2 N–H and O–H groups in total. The number of benzene rings is 1. The predicted octanol–water partition coefficient (Wildman–Crippen LogP) is 3.15. The van der Waals surface area contributed by atoms with Crippen LogP contribution in [0.2, 0.25) is 0 Å². The first-order valence-corrected chi connectivity index (χ1v) is 7.92. The minimum absolute atomic E-state index is 0. The van der Waals surface area contributed by atoms with E-state index >= 15 is 0 Å². The summed E-state index contributed by atoms with van der Waals surface area (Å²) >= 11 is 1.67. The number of hydrogen-bond acceptors (Lipinski definition) is 5. The molecule has 0 spiro atoms. The minimum atomic E-state index is -0.407. The van der Waals surface area contributed by atoms with E-state index < -0.39 is 4.92 Å². The highest BCUT2D eigenvalue weighted by molar-refractivity contribution is 14.0. The predicted molar refractivity (Wildman–Crippen MR) is 107 cm³/mol. The molecule has 1 heterocycles. The molecule has 0 aliphatic carbocycles. The van der Waals surface area contributed by atoms with Crippen molar-refractivity contribution < 1.29 is 4.92 Å².